The Kier molecular flexibility index (Phi) is 3.89. The van der Waals surface area contributed by atoms with E-state index in [2.05, 4.69) is 30.1 Å². The second kappa shape index (κ2) is 5.21. The first-order valence-corrected chi connectivity index (χ1v) is 6.68. The minimum atomic E-state index is 0.625. The molecule has 2 fully saturated rings. The lowest BCUT2D eigenvalue weighted by atomic mass is 9.94. The Morgan fingerprint density at radius 3 is 2.44 bits per heavy atom. The van der Waals surface area contributed by atoms with E-state index >= 15 is 0 Å². The second-order valence-electron chi connectivity index (χ2n) is 5.26. The maximum absolute atomic E-state index is 5.49. The van der Waals surface area contributed by atoms with Crippen molar-refractivity contribution in [3.05, 3.63) is 0 Å². The monoisotopic (exact) mass is 220 g/mol. The molecule has 0 amide bonds. The van der Waals surface area contributed by atoms with E-state index in [-0.39, 0.29) is 0 Å². The molecule has 2 bridgehead atoms. The van der Waals surface area contributed by atoms with Gasteiger partial charge in [0, 0.05) is 30.6 Å². The minimum Gasteiger partial charge on any atom is -0.317 e. The Labute approximate surface area is 99.8 Å². The number of terminal acetylenes is 1. The summed E-state index contributed by atoms with van der Waals surface area (Å²) in [5.41, 5.74) is 0. The van der Waals surface area contributed by atoms with Gasteiger partial charge in [0.15, 0.2) is 0 Å². The molecule has 3 atom stereocenters. The Morgan fingerprint density at radius 1 is 1.38 bits per heavy atom. The van der Waals surface area contributed by atoms with Gasteiger partial charge < -0.3 is 5.32 Å². The van der Waals surface area contributed by atoms with Crippen LogP contribution < -0.4 is 5.32 Å². The summed E-state index contributed by atoms with van der Waals surface area (Å²) in [6, 6.07) is 2.93. The molecule has 0 radical (unpaired) electrons. The number of piperidine rings is 1. The van der Waals surface area contributed by atoms with Gasteiger partial charge in [0.1, 0.15) is 0 Å². The Hall–Kier alpha value is -0.520. The van der Waals surface area contributed by atoms with Gasteiger partial charge in [0.25, 0.3) is 0 Å². The van der Waals surface area contributed by atoms with Crippen LogP contribution in [0.25, 0.3) is 0 Å². The second-order valence-corrected chi connectivity index (χ2v) is 5.26. The van der Waals surface area contributed by atoms with Crippen molar-refractivity contribution in [1.82, 2.24) is 10.2 Å². The van der Waals surface area contributed by atoms with E-state index in [0.717, 1.165) is 24.5 Å². The van der Waals surface area contributed by atoms with Crippen LogP contribution in [-0.4, -0.2) is 36.1 Å². The summed E-state index contributed by atoms with van der Waals surface area (Å²) < 4.78 is 0. The molecule has 2 aliphatic rings. The van der Waals surface area contributed by atoms with Crippen LogP contribution in [0, 0.1) is 12.3 Å². The first kappa shape index (κ1) is 12.0. The molecule has 2 heteroatoms. The summed E-state index contributed by atoms with van der Waals surface area (Å²) in [4.78, 5) is 2.74. The van der Waals surface area contributed by atoms with Crippen LogP contribution >= 0.6 is 0 Å². The van der Waals surface area contributed by atoms with Crippen LogP contribution in [-0.2, 0) is 0 Å². The molecule has 0 spiro atoms. The molecule has 2 heterocycles. The van der Waals surface area contributed by atoms with E-state index < -0.39 is 0 Å². The van der Waals surface area contributed by atoms with Gasteiger partial charge in [-0.05, 0) is 39.2 Å². The van der Waals surface area contributed by atoms with Gasteiger partial charge in [-0.2, -0.15) is 0 Å². The molecule has 0 saturated carbocycles. The third-order valence-corrected chi connectivity index (χ3v) is 4.44. The molecular weight excluding hydrogens is 196 g/mol. The maximum atomic E-state index is 5.49. The topological polar surface area (TPSA) is 15.3 Å². The van der Waals surface area contributed by atoms with Crippen LogP contribution in [0.4, 0.5) is 0 Å². The zero-order valence-corrected chi connectivity index (χ0v) is 10.6. The van der Waals surface area contributed by atoms with Crippen LogP contribution in [0.15, 0.2) is 0 Å². The highest BCUT2D eigenvalue weighted by atomic mass is 15.3. The molecule has 2 nitrogen and oxygen atoms in total. The lowest BCUT2D eigenvalue weighted by Gasteiger charge is -2.43. The fraction of sp³-hybridized carbons (Fsp3) is 0.857. The van der Waals surface area contributed by atoms with Gasteiger partial charge in [0.05, 0.1) is 0 Å². The van der Waals surface area contributed by atoms with Crippen LogP contribution in [0.5, 0.6) is 0 Å². The van der Waals surface area contributed by atoms with Gasteiger partial charge in [-0.25, -0.2) is 0 Å². The van der Waals surface area contributed by atoms with Gasteiger partial charge in [0.2, 0.25) is 0 Å². The van der Waals surface area contributed by atoms with Crippen molar-refractivity contribution < 1.29 is 0 Å². The van der Waals surface area contributed by atoms with E-state index in [1.807, 2.05) is 0 Å². The van der Waals surface area contributed by atoms with E-state index in [0.29, 0.717) is 6.04 Å². The van der Waals surface area contributed by atoms with Crippen molar-refractivity contribution in [1.29, 1.82) is 0 Å². The van der Waals surface area contributed by atoms with Crippen molar-refractivity contribution >= 4 is 0 Å². The highest BCUT2D eigenvalue weighted by molar-refractivity contribution is 5.02. The average Bonchev–Trinajstić information content (AvgIpc) is 2.57. The number of hydrogen-bond acceptors (Lipinski definition) is 2. The molecule has 0 aromatic rings. The molecule has 2 aliphatic heterocycles. The van der Waals surface area contributed by atoms with Crippen molar-refractivity contribution in [2.45, 2.75) is 69.6 Å². The fourth-order valence-corrected chi connectivity index (χ4v) is 3.64. The van der Waals surface area contributed by atoms with Crippen molar-refractivity contribution in [3.63, 3.8) is 0 Å². The zero-order chi connectivity index (χ0) is 11.5. The van der Waals surface area contributed by atoms with E-state index in [1.54, 1.807) is 0 Å². The standard InChI is InChI=1S/C14H24N2/c1-4-6-12(5-2)16-13-7-8-14(16)10-11(9-13)15-3/h1,11-15H,5-10H2,2-3H3. The van der Waals surface area contributed by atoms with Crippen molar-refractivity contribution in [2.24, 2.45) is 0 Å². The number of rotatable bonds is 4. The number of fused-ring (bicyclic) bond motifs is 2. The van der Waals surface area contributed by atoms with Crippen molar-refractivity contribution in [2.75, 3.05) is 7.05 Å². The first-order chi connectivity index (χ1) is 7.80. The quantitative estimate of drug-likeness (QED) is 0.729. The third kappa shape index (κ3) is 2.12. The van der Waals surface area contributed by atoms with Gasteiger partial charge in [-0.15, -0.1) is 12.3 Å². The molecule has 1 N–H and O–H groups in total. The molecule has 0 aliphatic carbocycles. The van der Waals surface area contributed by atoms with E-state index in [4.69, 9.17) is 6.42 Å². The Bertz CT molecular complexity index is 254. The number of nitrogens with zero attached hydrogens (tertiary/aromatic N) is 1. The molecule has 16 heavy (non-hydrogen) atoms. The van der Waals surface area contributed by atoms with E-state index in [1.165, 1.54) is 32.1 Å². The predicted molar refractivity (Wildman–Crippen MR) is 68.3 cm³/mol. The maximum Gasteiger partial charge on any atom is 0.0243 e. The first-order valence-electron chi connectivity index (χ1n) is 6.68. The average molecular weight is 220 g/mol. The largest absolute Gasteiger partial charge is 0.317 e. The fourth-order valence-electron chi connectivity index (χ4n) is 3.64. The summed E-state index contributed by atoms with van der Waals surface area (Å²) in [6.45, 7) is 2.27. The normalized spacial score (nSPS) is 35.9. The highest BCUT2D eigenvalue weighted by Crippen LogP contribution is 2.38. The Morgan fingerprint density at radius 2 is 2.00 bits per heavy atom. The minimum absolute atomic E-state index is 0.625. The van der Waals surface area contributed by atoms with Gasteiger partial charge in [-0.1, -0.05) is 6.92 Å². The summed E-state index contributed by atoms with van der Waals surface area (Å²) >= 11 is 0. The zero-order valence-electron chi connectivity index (χ0n) is 10.6. The van der Waals surface area contributed by atoms with E-state index in [9.17, 15) is 0 Å². The van der Waals surface area contributed by atoms with Crippen LogP contribution in [0.1, 0.15) is 45.4 Å². The Balaban J connectivity index is 2.04. The summed E-state index contributed by atoms with van der Waals surface area (Å²) in [5, 5.41) is 3.45. The lowest BCUT2D eigenvalue weighted by Crippen LogP contribution is -2.52. The van der Waals surface area contributed by atoms with Gasteiger partial charge >= 0.3 is 0 Å². The summed E-state index contributed by atoms with van der Waals surface area (Å²) in [7, 11) is 2.10. The third-order valence-electron chi connectivity index (χ3n) is 4.44. The smallest absolute Gasteiger partial charge is 0.0243 e. The lowest BCUT2D eigenvalue weighted by molar-refractivity contribution is 0.0712. The molecule has 2 rings (SSSR count). The summed E-state index contributed by atoms with van der Waals surface area (Å²) in [5.74, 6) is 2.85. The summed E-state index contributed by atoms with van der Waals surface area (Å²) in [6.07, 6.45) is 13.0. The van der Waals surface area contributed by atoms with Crippen molar-refractivity contribution in [3.8, 4) is 12.3 Å². The highest BCUT2D eigenvalue weighted by Gasteiger charge is 2.42. The molecule has 0 aromatic carbocycles. The SMILES string of the molecule is C#CCC(CC)N1C2CCC1CC(NC)C2. The number of hydrogen-bond donors (Lipinski definition) is 1. The molecule has 0 aromatic heterocycles. The number of nitrogens with one attached hydrogen (secondary N) is 1. The molecule has 90 valence electrons. The van der Waals surface area contributed by atoms with Gasteiger partial charge in [-0.3, -0.25) is 4.90 Å². The molecule has 2 saturated heterocycles. The molecular formula is C14H24N2. The molecule has 3 unspecified atom stereocenters. The predicted octanol–water partition coefficient (Wildman–Crippen LogP) is 2.00. The van der Waals surface area contributed by atoms with Crippen LogP contribution in [0.3, 0.4) is 0 Å². The van der Waals surface area contributed by atoms with Crippen LogP contribution in [0.2, 0.25) is 0 Å².